The van der Waals surface area contributed by atoms with Crippen LogP contribution in [0.3, 0.4) is 0 Å². The summed E-state index contributed by atoms with van der Waals surface area (Å²) in [4.78, 5) is 0. The molecule has 0 amide bonds. The van der Waals surface area contributed by atoms with Gasteiger partial charge in [-0.05, 0) is 31.5 Å². The molecule has 0 saturated heterocycles. The Balaban J connectivity index is 2.96. The van der Waals surface area contributed by atoms with Crippen LogP contribution in [0, 0.1) is 0 Å². The van der Waals surface area contributed by atoms with Crippen LogP contribution in [0.2, 0.25) is 0 Å². The van der Waals surface area contributed by atoms with Crippen LogP contribution in [0.15, 0.2) is 28.7 Å². The van der Waals surface area contributed by atoms with Gasteiger partial charge in [0.05, 0.1) is 22.8 Å². The van der Waals surface area contributed by atoms with Crippen molar-refractivity contribution in [1.29, 1.82) is 0 Å². The molecular weight excluding hydrogens is 302 g/mol. The van der Waals surface area contributed by atoms with E-state index in [4.69, 9.17) is 9.88 Å². The number of hydrogen-bond donors (Lipinski definition) is 1. The van der Waals surface area contributed by atoms with Crippen LogP contribution in [0.4, 0.5) is 0 Å². The standard InChI is InChI=1S/C12H16BrNO2S/c1-12(2,17(14)15)7-6-9-4-5-10(16-3)8-11(9)13/h4-8H,14H2,1-3H3. The van der Waals surface area contributed by atoms with Crippen molar-refractivity contribution < 1.29 is 8.95 Å². The minimum Gasteiger partial charge on any atom is -0.497 e. The molecule has 2 N–H and O–H groups in total. The third-order valence-electron chi connectivity index (χ3n) is 2.39. The van der Waals surface area contributed by atoms with Crippen LogP contribution in [0.25, 0.3) is 6.08 Å². The molecule has 0 aliphatic rings. The number of hydrogen-bond acceptors (Lipinski definition) is 2. The fraction of sp³-hybridized carbons (Fsp3) is 0.333. The number of methoxy groups -OCH3 is 1. The molecule has 1 aromatic carbocycles. The molecular formula is C12H16BrNO2S. The van der Waals surface area contributed by atoms with Gasteiger partial charge in [0.15, 0.2) is 0 Å². The molecule has 1 unspecified atom stereocenters. The smallest absolute Gasteiger partial charge is 0.120 e. The highest BCUT2D eigenvalue weighted by atomic mass is 79.9. The highest BCUT2D eigenvalue weighted by Crippen LogP contribution is 2.25. The van der Waals surface area contributed by atoms with E-state index in [1.54, 1.807) is 7.11 Å². The number of halogens is 1. The lowest BCUT2D eigenvalue weighted by atomic mass is 10.1. The summed E-state index contributed by atoms with van der Waals surface area (Å²) in [6.07, 6.45) is 3.74. The van der Waals surface area contributed by atoms with Crippen LogP contribution < -0.4 is 9.88 Å². The third-order valence-corrected chi connectivity index (χ3v) is 4.25. The Kier molecular flexibility index (Phi) is 4.91. The van der Waals surface area contributed by atoms with Gasteiger partial charge >= 0.3 is 0 Å². The molecule has 1 rings (SSSR count). The van der Waals surface area contributed by atoms with E-state index in [9.17, 15) is 4.21 Å². The Bertz CT molecular complexity index is 458. The van der Waals surface area contributed by atoms with E-state index >= 15 is 0 Å². The molecule has 0 aliphatic heterocycles. The number of nitrogens with two attached hydrogens (primary N) is 1. The van der Waals surface area contributed by atoms with E-state index in [0.29, 0.717) is 0 Å². The van der Waals surface area contributed by atoms with Gasteiger partial charge in [-0.25, -0.2) is 4.21 Å². The first-order valence-electron chi connectivity index (χ1n) is 5.06. The van der Waals surface area contributed by atoms with Gasteiger partial charge in [0.25, 0.3) is 0 Å². The predicted octanol–water partition coefficient (Wildman–Crippen LogP) is 2.87. The summed E-state index contributed by atoms with van der Waals surface area (Å²) in [6, 6.07) is 5.68. The quantitative estimate of drug-likeness (QED) is 0.928. The monoisotopic (exact) mass is 317 g/mol. The fourth-order valence-corrected chi connectivity index (χ4v) is 1.82. The Morgan fingerprint density at radius 3 is 2.59 bits per heavy atom. The van der Waals surface area contributed by atoms with Gasteiger partial charge in [0, 0.05) is 4.47 Å². The lowest BCUT2D eigenvalue weighted by molar-refractivity contribution is 0.414. The maximum absolute atomic E-state index is 11.3. The Morgan fingerprint density at radius 1 is 1.47 bits per heavy atom. The average molecular weight is 318 g/mol. The summed E-state index contributed by atoms with van der Waals surface area (Å²) in [7, 11) is 0.234. The first kappa shape index (κ1) is 14.4. The first-order chi connectivity index (χ1) is 7.86. The molecule has 94 valence electrons. The molecule has 1 atom stereocenters. The molecule has 5 heteroatoms. The van der Waals surface area contributed by atoms with E-state index in [0.717, 1.165) is 15.8 Å². The second kappa shape index (κ2) is 5.80. The van der Waals surface area contributed by atoms with Gasteiger partial charge in [-0.1, -0.05) is 34.1 Å². The summed E-state index contributed by atoms with van der Waals surface area (Å²) in [6.45, 7) is 3.66. The van der Waals surface area contributed by atoms with E-state index in [1.807, 2.05) is 44.2 Å². The summed E-state index contributed by atoms with van der Waals surface area (Å²) in [5.41, 5.74) is 0.990. The van der Waals surface area contributed by atoms with Crippen molar-refractivity contribution in [2.45, 2.75) is 18.6 Å². The van der Waals surface area contributed by atoms with E-state index in [1.165, 1.54) is 0 Å². The van der Waals surface area contributed by atoms with Gasteiger partial charge in [-0.2, -0.15) is 0 Å². The summed E-state index contributed by atoms with van der Waals surface area (Å²) in [5.74, 6) is 0.788. The van der Waals surface area contributed by atoms with Crippen molar-refractivity contribution in [3.8, 4) is 5.75 Å². The lowest BCUT2D eigenvalue weighted by Crippen LogP contribution is -2.29. The summed E-state index contributed by atoms with van der Waals surface area (Å²) in [5, 5.41) is 5.41. The zero-order valence-electron chi connectivity index (χ0n) is 10.1. The van der Waals surface area contributed by atoms with Crippen LogP contribution in [0.1, 0.15) is 19.4 Å². The van der Waals surface area contributed by atoms with Crippen LogP contribution >= 0.6 is 15.9 Å². The van der Waals surface area contributed by atoms with Crippen LogP contribution in [-0.2, 0) is 11.0 Å². The van der Waals surface area contributed by atoms with Gasteiger partial charge < -0.3 is 4.74 Å². The molecule has 1 aromatic rings. The van der Waals surface area contributed by atoms with Crippen molar-refractivity contribution in [2.75, 3.05) is 7.11 Å². The minimum absolute atomic E-state index is 0.542. The highest BCUT2D eigenvalue weighted by Gasteiger charge is 2.19. The lowest BCUT2D eigenvalue weighted by Gasteiger charge is -2.15. The molecule has 0 aromatic heterocycles. The maximum atomic E-state index is 11.3. The zero-order valence-corrected chi connectivity index (χ0v) is 12.5. The van der Waals surface area contributed by atoms with Gasteiger partial charge in [0.1, 0.15) is 5.75 Å². The first-order valence-corrected chi connectivity index (χ1v) is 7.06. The molecule has 17 heavy (non-hydrogen) atoms. The topological polar surface area (TPSA) is 52.3 Å². The van der Waals surface area contributed by atoms with Gasteiger partial charge in [-0.3, -0.25) is 5.14 Å². The minimum atomic E-state index is -1.39. The number of ether oxygens (including phenoxy) is 1. The normalized spacial score (nSPS) is 13.9. The van der Waals surface area contributed by atoms with E-state index < -0.39 is 15.7 Å². The SMILES string of the molecule is COc1ccc(C=CC(C)(C)S(N)=O)c(Br)c1. The third kappa shape index (κ3) is 3.94. The Labute approximate surface area is 113 Å². The molecule has 0 bridgehead atoms. The molecule has 0 fully saturated rings. The van der Waals surface area contributed by atoms with E-state index in [2.05, 4.69) is 15.9 Å². The second-order valence-electron chi connectivity index (χ2n) is 4.12. The van der Waals surface area contributed by atoms with Gasteiger partial charge in [-0.15, -0.1) is 0 Å². The van der Waals surface area contributed by atoms with Crippen molar-refractivity contribution in [1.82, 2.24) is 0 Å². The van der Waals surface area contributed by atoms with Crippen molar-refractivity contribution in [2.24, 2.45) is 5.14 Å². The Morgan fingerprint density at radius 2 is 2.12 bits per heavy atom. The molecule has 0 saturated carbocycles. The summed E-state index contributed by atoms with van der Waals surface area (Å²) >= 11 is 3.45. The number of rotatable bonds is 4. The van der Waals surface area contributed by atoms with Crippen LogP contribution in [-0.4, -0.2) is 16.1 Å². The predicted molar refractivity (Wildman–Crippen MR) is 76.1 cm³/mol. The maximum Gasteiger partial charge on any atom is 0.120 e. The fourth-order valence-electron chi connectivity index (χ4n) is 1.13. The number of benzene rings is 1. The van der Waals surface area contributed by atoms with Gasteiger partial charge in [0.2, 0.25) is 0 Å². The molecule has 0 radical (unpaired) electrons. The molecule has 0 aliphatic carbocycles. The van der Waals surface area contributed by atoms with Crippen molar-refractivity contribution in [3.63, 3.8) is 0 Å². The zero-order chi connectivity index (χ0) is 13.1. The molecule has 0 heterocycles. The van der Waals surface area contributed by atoms with E-state index in [-0.39, 0.29) is 0 Å². The van der Waals surface area contributed by atoms with Crippen molar-refractivity contribution in [3.05, 3.63) is 34.3 Å². The van der Waals surface area contributed by atoms with Crippen molar-refractivity contribution >= 4 is 33.0 Å². The largest absolute Gasteiger partial charge is 0.497 e. The van der Waals surface area contributed by atoms with Crippen LogP contribution in [0.5, 0.6) is 5.75 Å². The highest BCUT2D eigenvalue weighted by molar-refractivity contribution is 9.10. The molecule has 3 nitrogen and oxygen atoms in total. The molecule has 0 spiro atoms. The average Bonchev–Trinajstić information content (AvgIpc) is 2.27. The summed E-state index contributed by atoms with van der Waals surface area (Å²) < 4.78 is 16.8. The Hall–Kier alpha value is -0.650. The second-order valence-corrected chi connectivity index (χ2v) is 6.62.